The van der Waals surface area contributed by atoms with E-state index < -0.39 is 5.60 Å². The highest BCUT2D eigenvalue weighted by atomic mass is 32.1. The van der Waals surface area contributed by atoms with Gasteiger partial charge in [-0.05, 0) is 28.6 Å². The number of hydrogen-bond donors (Lipinski definition) is 3. The number of anilines is 1. The number of benzene rings is 3. The van der Waals surface area contributed by atoms with Gasteiger partial charge in [-0.2, -0.15) is 0 Å². The minimum Gasteiger partial charge on any atom is -0.359 e. The van der Waals surface area contributed by atoms with E-state index in [1.54, 1.807) is 11.3 Å². The Morgan fingerprint density at radius 1 is 0.781 bits per heavy atom. The number of hydrazine groups is 1. The number of thiophene rings is 1. The van der Waals surface area contributed by atoms with Crippen molar-refractivity contribution in [3.05, 3.63) is 124 Å². The second-order valence-corrected chi connectivity index (χ2v) is 9.30. The van der Waals surface area contributed by atoms with Crippen LogP contribution in [-0.4, -0.2) is 12.8 Å². The van der Waals surface area contributed by atoms with E-state index in [9.17, 15) is 0 Å². The van der Waals surface area contributed by atoms with Crippen LogP contribution in [0.25, 0.3) is 0 Å². The minimum atomic E-state index is -0.697. The van der Waals surface area contributed by atoms with Crippen LogP contribution in [0.4, 0.5) is 5.69 Å². The smallest absolute Gasteiger partial charge is 0.148 e. The summed E-state index contributed by atoms with van der Waals surface area (Å²) in [6.45, 7) is 0.821. The number of fused-ring (bicyclic) bond motifs is 1. The number of hydrogen-bond acceptors (Lipinski definition) is 5. The molecule has 3 heterocycles. The van der Waals surface area contributed by atoms with Crippen molar-refractivity contribution in [2.45, 2.75) is 17.9 Å². The number of nitrogens with one attached hydrogen (secondary N) is 3. The lowest BCUT2D eigenvalue weighted by molar-refractivity contribution is -0.0673. The van der Waals surface area contributed by atoms with Gasteiger partial charge >= 0.3 is 0 Å². The zero-order chi connectivity index (χ0) is 21.4. The first-order valence-corrected chi connectivity index (χ1v) is 11.9. The third-order valence-electron chi connectivity index (χ3n) is 6.53. The van der Waals surface area contributed by atoms with Gasteiger partial charge < -0.3 is 10.1 Å². The lowest BCUT2D eigenvalue weighted by atomic mass is 9.77. The molecule has 6 rings (SSSR count). The molecule has 0 amide bonds. The maximum atomic E-state index is 7.20. The van der Waals surface area contributed by atoms with Crippen molar-refractivity contribution < 1.29 is 4.74 Å². The average molecular weight is 440 g/mol. The number of para-hydroxylation sites is 1. The molecule has 1 fully saturated rings. The molecule has 4 aromatic rings. The van der Waals surface area contributed by atoms with E-state index in [2.05, 4.69) is 119 Å². The average Bonchev–Trinajstić information content (AvgIpc) is 3.56. The van der Waals surface area contributed by atoms with Crippen LogP contribution in [0, 0.1) is 5.92 Å². The summed E-state index contributed by atoms with van der Waals surface area (Å²) in [5.74, 6) is 0.216. The van der Waals surface area contributed by atoms with Gasteiger partial charge in [-0.1, -0.05) is 84.9 Å². The van der Waals surface area contributed by atoms with Gasteiger partial charge in [-0.15, -0.1) is 11.3 Å². The lowest BCUT2D eigenvalue weighted by Gasteiger charge is -2.46. The molecule has 3 N–H and O–H groups in total. The Morgan fingerprint density at radius 2 is 1.47 bits per heavy atom. The SMILES string of the molecule is c1ccc(C2(c3ccccc3)OC(C3CNNC3c3cccs3)Nc3ccccc32)cc1. The van der Waals surface area contributed by atoms with Gasteiger partial charge in [0.15, 0.2) is 0 Å². The highest BCUT2D eigenvalue weighted by Crippen LogP contribution is 2.49. The zero-order valence-electron chi connectivity index (χ0n) is 17.6. The molecular weight excluding hydrogens is 414 g/mol. The molecule has 2 aliphatic rings. The molecule has 0 spiro atoms. The third kappa shape index (κ3) is 3.17. The van der Waals surface area contributed by atoms with Crippen LogP contribution >= 0.6 is 11.3 Å². The van der Waals surface area contributed by atoms with E-state index in [0.29, 0.717) is 0 Å². The van der Waals surface area contributed by atoms with E-state index in [1.807, 2.05) is 0 Å². The molecule has 5 heteroatoms. The molecule has 1 saturated heterocycles. The van der Waals surface area contributed by atoms with Gasteiger partial charge in [0, 0.05) is 28.6 Å². The fourth-order valence-corrected chi connectivity index (χ4v) is 5.90. The van der Waals surface area contributed by atoms with Gasteiger partial charge in [-0.25, -0.2) is 5.43 Å². The number of ether oxygens (including phenoxy) is 1. The quantitative estimate of drug-likeness (QED) is 0.405. The summed E-state index contributed by atoms with van der Waals surface area (Å²) < 4.78 is 7.20. The van der Waals surface area contributed by atoms with Crippen LogP contribution in [0.1, 0.15) is 27.6 Å². The predicted octanol–water partition coefficient (Wildman–Crippen LogP) is 5.27. The fraction of sp³-hybridized carbons (Fsp3) is 0.185. The van der Waals surface area contributed by atoms with E-state index in [-0.39, 0.29) is 18.2 Å². The molecule has 0 saturated carbocycles. The molecule has 0 radical (unpaired) electrons. The molecule has 0 bridgehead atoms. The second kappa shape index (κ2) is 8.19. The summed E-state index contributed by atoms with van der Waals surface area (Å²) in [5.41, 5.74) is 10.7. The van der Waals surface area contributed by atoms with E-state index >= 15 is 0 Å². The topological polar surface area (TPSA) is 45.3 Å². The van der Waals surface area contributed by atoms with Gasteiger partial charge in [0.2, 0.25) is 0 Å². The zero-order valence-corrected chi connectivity index (χ0v) is 18.4. The van der Waals surface area contributed by atoms with Crippen molar-refractivity contribution >= 4 is 17.0 Å². The van der Waals surface area contributed by atoms with Crippen LogP contribution in [0.5, 0.6) is 0 Å². The van der Waals surface area contributed by atoms with Gasteiger partial charge in [-0.3, -0.25) is 5.43 Å². The summed E-state index contributed by atoms with van der Waals surface area (Å²) in [4.78, 5) is 1.31. The summed E-state index contributed by atoms with van der Waals surface area (Å²) in [6, 6.07) is 34.2. The molecular formula is C27H25N3OS. The Balaban J connectivity index is 1.52. The van der Waals surface area contributed by atoms with Crippen molar-refractivity contribution in [1.29, 1.82) is 0 Å². The van der Waals surface area contributed by atoms with Crippen molar-refractivity contribution in [2.75, 3.05) is 11.9 Å². The highest BCUT2D eigenvalue weighted by Gasteiger charge is 2.48. The molecule has 0 aliphatic carbocycles. The Labute approximate surface area is 192 Å². The third-order valence-corrected chi connectivity index (χ3v) is 7.49. The summed E-state index contributed by atoms with van der Waals surface area (Å²) in [5, 5.41) is 5.86. The van der Waals surface area contributed by atoms with Gasteiger partial charge in [0.1, 0.15) is 11.8 Å². The van der Waals surface area contributed by atoms with E-state index in [4.69, 9.17) is 4.74 Å². The van der Waals surface area contributed by atoms with Crippen molar-refractivity contribution in [2.24, 2.45) is 5.92 Å². The highest BCUT2D eigenvalue weighted by molar-refractivity contribution is 7.10. The molecule has 1 aromatic heterocycles. The second-order valence-electron chi connectivity index (χ2n) is 8.32. The van der Waals surface area contributed by atoms with Gasteiger partial charge in [0.05, 0.1) is 6.04 Å². The summed E-state index contributed by atoms with van der Waals surface area (Å²) in [6.07, 6.45) is -0.181. The molecule has 4 nitrogen and oxygen atoms in total. The Bertz CT molecular complexity index is 1140. The maximum absolute atomic E-state index is 7.20. The molecule has 3 atom stereocenters. The first-order valence-electron chi connectivity index (χ1n) is 11.0. The van der Waals surface area contributed by atoms with Crippen molar-refractivity contribution in [1.82, 2.24) is 10.9 Å². The standard InChI is InChI=1S/C27H25N3OS/c1-3-10-19(11-4-1)27(20-12-5-2-6-13-20)22-14-7-8-15-23(22)29-26(31-27)21-18-28-30-25(21)24-16-9-17-32-24/h1-17,21,25-26,28-30H,18H2. The van der Waals surface area contributed by atoms with Crippen LogP contribution in [0.15, 0.2) is 102 Å². The first-order chi connectivity index (χ1) is 15.9. The maximum Gasteiger partial charge on any atom is 0.148 e. The van der Waals surface area contributed by atoms with Gasteiger partial charge in [0.25, 0.3) is 0 Å². The van der Waals surface area contributed by atoms with E-state index in [1.165, 1.54) is 4.88 Å². The molecule has 32 heavy (non-hydrogen) atoms. The van der Waals surface area contributed by atoms with Crippen molar-refractivity contribution in [3.8, 4) is 0 Å². The van der Waals surface area contributed by atoms with E-state index in [0.717, 1.165) is 28.9 Å². The molecule has 2 aliphatic heterocycles. The lowest BCUT2D eigenvalue weighted by Crippen LogP contribution is -2.49. The van der Waals surface area contributed by atoms with Crippen LogP contribution in [0.3, 0.4) is 0 Å². The molecule has 3 unspecified atom stereocenters. The molecule has 3 aromatic carbocycles. The predicted molar refractivity (Wildman–Crippen MR) is 129 cm³/mol. The Kier molecular flexibility index (Phi) is 5.04. The minimum absolute atomic E-state index is 0.181. The largest absolute Gasteiger partial charge is 0.359 e. The normalized spacial score (nSPS) is 23.9. The summed E-state index contributed by atoms with van der Waals surface area (Å²) >= 11 is 1.78. The van der Waals surface area contributed by atoms with Crippen molar-refractivity contribution in [3.63, 3.8) is 0 Å². The number of rotatable bonds is 4. The molecule has 160 valence electrons. The summed E-state index contributed by atoms with van der Waals surface area (Å²) in [7, 11) is 0. The van der Waals surface area contributed by atoms with Crippen LogP contribution in [0.2, 0.25) is 0 Å². The Morgan fingerprint density at radius 3 is 2.16 bits per heavy atom. The van der Waals surface area contributed by atoms with Crippen LogP contribution in [-0.2, 0) is 10.3 Å². The first kappa shape index (κ1) is 19.7. The fourth-order valence-electron chi connectivity index (χ4n) is 5.05. The monoisotopic (exact) mass is 439 g/mol. The Hall–Kier alpha value is -2.96. The van der Waals surface area contributed by atoms with Crippen LogP contribution < -0.4 is 16.2 Å².